The zero-order valence-corrected chi connectivity index (χ0v) is 10.3. The molecule has 1 aliphatic heterocycles. The van der Waals surface area contributed by atoms with Gasteiger partial charge in [0.2, 0.25) is 0 Å². The van der Waals surface area contributed by atoms with E-state index in [-0.39, 0.29) is 0 Å². The number of nitrogens with zero attached hydrogens (tertiary/aromatic N) is 1. The molecule has 2 atom stereocenters. The molecule has 2 fully saturated rings. The molecule has 1 aliphatic carbocycles. The minimum Gasteiger partial charge on any atom is -0.320 e. The molecule has 1 saturated heterocycles. The number of hydrogen-bond acceptors (Lipinski definition) is 2. The Kier molecular flexibility index (Phi) is 4.04. The van der Waals surface area contributed by atoms with Crippen molar-refractivity contribution in [2.45, 2.75) is 45.1 Å². The van der Waals surface area contributed by atoms with Crippen molar-refractivity contribution in [3.05, 3.63) is 0 Å². The predicted octanol–water partition coefficient (Wildman–Crippen LogP) is 2.11. The molecule has 2 heteroatoms. The third-order valence-electron chi connectivity index (χ3n) is 4.18. The zero-order chi connectivity index (χ0) is 10.7. The molecule has 1 N–H and O–H groups in total. The smallest absolute Gasteiger partial charge is 0.0124 e. The quantitative estimate of drug-likeness (QED) is 0.699. The molecule has 88 valence electrons. The summed E-state index contributed by atoms with van der Waals surface area (Å²) in [5.41, 5.74) is 0. The second-order valence-corrected chi connectivity index (χ2v) is 5.56. The Morgan fingerprint density at radius 2 is 2.07 bits per heavy atom. The van der Waals surface area contributed by atoms with Crippen molar-refractivity contribution in [3.63, 3.8) is 0 Å². The summed E-state index contributed by atoms with van der Waals surface area (Å²) in [5.74, 6) is 1.97. The minimum atomic E-state index is 0.943. The van der Waals surface area contributed by atoms with Crippen LogP contribution < -0.4 is 5.32 Å². The largest absolute Gasteiger partial charge is 0.320 e. The normalized spacial score (nSPS) is 33.2. The standard InChI is InChI=1S/C13H26N2/c1-11-9-15(10-11)13-7-3-5-12(13)6-4-8-14-2/h11-14H,3-10H2,1-2H3. The molecule has 15 heavy (non-hydrogen) atoms. The Morgan fingerprint density at radius 3 is 2.73 bits per heavy atom. The van der Waals surface area contributed by atoms with Crippen LogP contribution in [0.2, 0.25) is 0 Å². The van der Waals surface area contributed by atoms with Gasteiger partial charge in [-0.1, -0.05) is 13.3 Å². The maximum absolute atomic E-state index is 3.26. The van der Waals surface area contributed by atoms with Crippen molar-refractivity contribution in [2.24, 2.45) is 11.8 Å². The van der Waals surface area contributed by atoms with Gasteiger partial charge in [-0.3, -0.25) is 4.90 Å². The Balaban J connectivity index is 1.73. The van der Waals surface area contributed by atoms with Gasteiger partial charge in [0.1, 0.15) is 0 Å². The van der Waals surface area contributed by atoms with E-state index < -0.39 is 0 Å². The van der Waals surface area contributed by atoms with Crippen molar-refractivity contribution < 1.29 is 0 Å². The van der Waals surface area contributed by atoms with Crippen LogP contribution in [0.5, 0.6) is 0 Å². The van der Waals surface area contributed by atoms with Gasteiger partial charge in [-0.15, -0.1) is 0 Å². The molecule has 0 amide bonds. The van der Waals surface area contributed by atoms with Crippen molar-refractivity contribution in [2.75, 3.05) is 26.7 Å². The van der Waals surface area contributed by atoms with Crippen molar-refractivity contribution in [1.82, 2.24) is 10.2 Å². The number of hydrogen-bond donors (Lipinski definition) is 1. The maximum Gasteiger partial charge on any atom is 0.0124 e. The number of likely N-dealkylation sites (tertiary alicyclic amines) is 1. The third-order valence-corrected chi connectivity index (χ3v) is 4.18. The summed E-state index contributed by atoms with van der Waals surface area (Å²) in [6.07, 6.45) is 7.23. The SMILES string of the molecule is CNCCCC1CCCC1N1CC(C)C1. The first-order valence-corrected chi connectivity index (χ1v) is 6.70. The van der Waals surface area contributed by atoms with Gasteiger partial charge in [0.25, 0.3) is 0 Å². The van der Waals surface area contributed by atoms with Crippen molar-refractivity contribution in [3.8, 4) is 0 Å². The number of nitrogens with one attached hydrogen (secondary N) is 1. The maximum atomic E-state index is 3.26. The molecule has 0 aromatic carbocycles. The van der Waals surface area contributed by atoms with E-state index in [1.807, 2.05) is 0 Å². The van der Waals surface area contributed by atoms with E-state index >= 15 is 0 Å². The highest BCUT2D eigenvalue weighted by Crippen LogP contribution is 2.36. The van der Waals surface area contributed by atoms with Crippen molar-refractivity contribution >= 4 is 0 Å². The Labute approximate surface area is 94.4 Å². The second kappa shape index (κ2) is 5.31. The van der Waals surface area contributed by atoms with Crippen LogP contribution in [0, 0.1) is 11.8 Å². The Hall–Kier alpha value is -0.0800. The van der Waals surface area contributed by atoms with Crippen LogP contribution in [0.1, 0.15) is 39.0 Å². The molecule has 0 aromatic heterocycles. The van der Waals surface area contributed by atoms with Crippen LogP contribution in [0.25, 0.3) is 0 Å². The van der Waals surface area contributed by atoms with Gasteiger partial charge in [0.05, 0.1) is 0 Å². The van der Waals surface area contributed by atoms with Crippen LogP contribution in [0.4, 0.5) is 0 Å². The summed E-state index contributed by atoms with van der Waals surface area (Å²) in [6, 6.07) is 0.943. The van der Waals surface area contributed by atoms with E-state index in [0.717, 1.165) is 17.9 Å². The minimum absolute atomic E-state index is 0.943. The average molecular weight is 210 g/mol. The highest BCUT2D eigenvalue weighted by Gasteiger charge is 2.36. The van der Waals surface area contributed by atoms with Gasteiger partial charge >= 0.3 is 0 Å². The molecule has 0 bridgehead atoms. The van der Waals surface area contributed by atoms with Crippen LogP contribution in [-0.2, 0) is 0 Å². The first kappa shape index (κ1) is 11.4. The van der Waals surface area contributed by atoms with Gasteiger partial charge in [0.15, 0.2) is 0 Å². The van der Waals surface area contributed by atoms with E-state index in [2.05, 4.69) is 24.2 Å². The molecule has 0 aromatic rings. The first-order valence-electron chi connectivity index (χ1n) is 6.70. The summed E-state index contributed by atoms with van der Waals surface area (Å²) < 4.78 is 0. The fourth-order valence-electron chi connectivity index (χ4n) is 3.39. The Morgan fingerprint density at radius 1 is 1.27 bits per heavy atom. The van der Waals surface area contributed by atoms with Crippen molar-refractivity contribution in [1.29, 1.82) is 0 Å². The fourth-order valence-corrected chi connectivity index (χ4v) is 3.39. The summed E-state index contributed by atoms with van der Waals surface area (Å²) in [7, 11) is 2.06. The second-order valence-electron chi connectivity index (χ2n) is 5.56. The van der Waals surface area contributed by atoms with Gasteiger partial charge in [-0.25, -0.2) is 0 Å². The van der Waals surface area contributed by atoms with Crippen LogP contribution in [0.15, 0.2) is 0 Å². The van der Waals surface area contributed by atoms with Crippen LogP contribution in [-0.4, -0.2) is 37.6 Å². The molecule has 2 unspecified atom stereocenters. The van der Waals surface area contributed by atoms with Gasteiger partial charge in [-0.05, 0) is 51.1 Å². The van der Waals surface area contributed by atoms with Gasteiger partial charge in [0, 0.05) is 19.1 Å². The lowest BCUT2D eigenvalue weighted by molar-refractivity contribution is 0.0416. The van der Waals surface area contributed by atoms with Gasteiger partial charge < -0.3 is 5.32 Å². The molecule has 2 rings (SSSR count). The summed E-state index contributed by atoms with van der Waals surface area (Å²) >= 11 is 0. The summed E-state index contributed by atoms with van der Waals surface area (Å²) in [6.45, 7) is 6.31. The molecular formula is C13H26N2. The van der Waals surface area contributed by atoms with E-state index in [9.17, 15) is 0 Å². The van der Waals surface area contributed by atoms with E-state index in [1.165, 1.54) is 51.7 Å². The molecule has 2 nitrogen and oxygen atoms in total. The highest BCUT2D eigenvalue weighted by molar-refractivity contribution is 4.90. The topological polar surface area (TPSA) is 15.3 Å². The monoisotopic (exact) mass is 210 g/mol. The van der Waals surface area contributed by atoms with E-state index in [1.54, 1.807) is 0 Å². The van der Waals surface area contributed by atoms with E-state index in [0.29, 0.717) is 0 Å². The molecule has 0 spiro atoms. The van der Waals surface area contributed by atoms with Gasteiger partial charge in [-0.2, -0.15) is 0 Å². The number of rotatable bonds is 5. The molecule has 0 radical (unpaired) electrons. The third kappa shape index (κ3) is 2.73. The first-order chi connectivity index (χ1) is 7.31. The lowest BCUT2D eigenvalue weighted by Crippen LogP contribution is -2.52. The Bertz CT molecular complexity index is 187. The van der Waals surface area contributed by atoms with Crippen LogP contribution in [0.3, 0.4) is 0 Å². The zero-order valence-electron chi connectivity index (χ0n) is 10.3. The average Bonchev–Trinajstić information content (AvgIpc) is 2.61. The molecular weight excluding hydrogens is 184 g/mol. The summed E-state index contributed by atoms with van der Waals surface area (Å²) in [4.78, 5) is 2.74. The van der Waals surface area contributed by atoms with E-state index in [4.69, 9.17) is 0 Å². The van der Waals surface area contributed by atoms with Crippen LogP contribution >= 0.6 is 0 Å². The molecule has 1 heterocycles. The molecule has 2 aliphatic rings. The lowest BCUT2D eigenvalue weighted by Gasteiger charge is -2.44. The summed E-state index contributed by atoms with van der Waals surface area (Å²) in [5, 5.41) is 3.26. The highest BCUT2D eigenvalue weighted by atomic mass is 15.2. The fraction of sp³-hybridized carbons (Fsp3) is 1.00. The molecule has 1 saturated carbocycles. The predicted molar refractivity (Wildman–Crippen MR) is 65.0 cm³/mol. The lowest BCUT2D eigenvalue weighted by atomic mass is 9.91.